The van der Waals surface area contributed by atoms with E-state index in [1.807, 2.05) is 19.1 Å². The maximum atomic E-state index is 12.5. The van der Waals surface area contributed by atoms with Gasteiger partial charge in [-0.3, -0.25) is 4.98 Å². The first-order valence-electron chi connectivity index (χ1n) is 7.15. The molecular formula is C15H17N5O3. The van der Waals surface area contributed by atoms with Crippen molar-refractivity contribution in [3.8, 4) is 0 Å². The topological polar surface area (TPSA) is 91.2 Å². The monoisotopic (exact) mass is 315 g/mol. The van der Waals surface area contributed by atoms with E-state index in [4.69, 9.17) is 9.47 Å². The maximum Gasteiger partial charge on any atom is 0.338 e. The fourth-order valence-corrected chi connectivity index (χ4v) is 2.50. The fraction of sp³-hybridized carbons (Fsp3) is 0.333. The van der Waals surface area contributed by atoms with E-state index in [0.717, 1.165) is 5.56 Å². The number of carbonyl (C=O) groups excluding carboxylic acids is 1. The third kappa shape index (κ3) is 2.93. The Morgan fingerprint density at radius 1 is 1.43 bits per heavy atom. The Labute approximate surface area is 133 Å². The minimum absolute atomic E-state index is 0.191. The first-order valence-corrected chi connectivity index (χ1v) is 7.15. The molecule has 1 atom stereocenters. The van der Waals surface area contributed by atoms with Gasteiger partial charge in [0.25, 0.3) is 0 Å². The average Bonchev–Trinajstić information content (AvgIpc) is 3.02. The molecular weight excluding hydrogens is 298 g/mol. The van der Waals surface area contributed by atoms with Gasteiger partial charge in [0.15, 0.2) is 0 Å². The molecule has 8 nitrogen and oxygen atoms in total. The van der Waals surface area contributed by atoms with Crippen LogP contribution in [0.25, 0.3) is 0 Å². The molecule has 3 heterocycles. The highest BCUT2D eigenvalue weighted by atomic mass is 16.6. The number of anilines is 1. The molecule has 2 aromatic heterocycles. The lowest BCUT2D eigenvalue weighted by atomic mass is 9.97. The number of fused-ring (bicyclic) bond motifs is 1. The number of methoxy groups -OCH3 is 1. The summed E-state index contributed by atoms with van der Waals surface area (Å²) in [6.45, 7) is 2.35. The first kappa shape index (κ1) is 15.2. The van der Waals surface area contributed by atoms with Crippen LogP contribution in [-0.4, -0.2) is 46.0 Å². The number of nitrogens with zero attached hydrogens (tertiary/aromatic N) is 4. The predicted molar refractivity (Wildman–Crippen MR) is 81.6 cm³/mol. The van der Waals surface area contributed by atoms with E-state index in [1.165, 1.54) is 6.33 Å². The zero-order chi connectivity index (χ0) is 16.2. The highest BCUT2D eigenvalue weighted by Crippen LogP contribution is 2.34. The van der Waals surface area contributed by atoms with Gasteiger partial charge in [-0.1, -0.05) is 6.07 Å². The summed E-state index contributed by atoms with van der Waals surface area (Å²) < 4.78 is 11.9. The molecule has 8 heteroatoms. The Bertz CT molecular complexity index is 726. The second kappa shape index (κ2) is 6.57. The fourth-order valence-electron chi connectivity index (χ4n) is 2.50. The number of rotatable bonds is 5. The Hall–Kier alpha value is -2.74. The van der Waals surface area contributed by atoms with Crippen molar-refractivity contribution in [3.63, 3.8) is 0 Å². The minimum Gasteiger partial charge on any atom is -0.460 e. The molecule has 1 aliphatic rings. The van der Waals surface area contributed by atoms with E-state index in [2.05, 4.69) is 20.4 Å². The summed E-state index contributed by atoms with van der Waals surface area (Å²) in [7, 11) is 1.56. The second-order valence-electron chi connectivity index (χ2n) is 5.01. The SMILES string of the molecule is COCCOC(=O)C1=C(C)Nc2ncnn2[C@@H]1c1cccnc1. The van der Waals surface area contributed by atoms with Gasteiger partial charge in [0.2, 0.25) is 5.95 Å². The van der Waals surface area contributed by atoms with E-state index in [9.17, 15) is 4.79 Å². The van der Waals surface area contributed by atoms with Gasteiger partial charge in [-0.15, -0.1) is 0 Å². The number of aromatic nitrogens is 4. The van der Waals surface area contributed by atoms with Crippen molar-refractivity contribution in [1.82, 2.24) is 19.7 Å². The lowest BCUT2D eigenvalue weighted by Gasteiger charge is -2.27. The molecule has 23 heavy (non-hydrogen) atoms. The number of ether oxygens (including phenoxy) is 2. The van der Waals surface area contributed by atoms with Gasteiger partial charge in [-0.25, -0.2) is 9.48 Å². The minimum atomic E-state index is -0.433. The normalized spacial score (nSPS) is 16.7. The lowest BCUT2D eigenvalue weighted by Crippen LogP contribution is -2.30. The van der Waals surface area contributed by atoms with Crippen LogP contribution in [0.1, 0.15) is 18.5 Å². The van der Waals surface area contributed by atoms with Gasteiger partial charge in [0, 0.05) is 25.2 Å². The first-order chi connectivity index (χ1) is 11.2. The second-order valence-corrected chi connectivity index (χ2v) is 5.01. The van der Waals surface area contributed by atoms with Crippen LogP contribution in [0.3, 0.4) is 0 Å². The molecule has 0 spiro atoms. The van der Waals surface area contributed by atoms with Crippen molar-refractivity contribution in [2.75, 3.05) is 25.6 Å². The third-order valence-corrected chi connectivity index (χ3v) is 3.54. The molecule has 120 valence electrons. The maximum absolute atomic E-state index is 12.5. The molecule has 0 amide bonds. The summed E-state index contributed by atoms with van der Waals surface area (Å²) in [4.78, 5) is 20.8. The number of hydrogen-bond acceptors (Lipinski definition) is 7. The summed E-state index contributed by atoms with van der Waals surface area (Å²) in [6.07, 6.45) is 4.83. The lowest BCUT2D eigenvalue weighted by molar-refractivity contribution is -0.140. The van der Waals surface area contributed by atoms with Gasteiger partial charge in [0.05, 0.1) is 12.2 Å². The highest BCUT2D eigenvalue weighted by molar-refractivity contribution is 5.92. The van der Waals surface area contributed by atoms with Crippen molar-refractivity contribution in [2.45, 2.75) is 13.0 Å². The van der Waals surface area contributed by atoms with Crippen LogP contribution in [0.2, 0.25) is 0 Å². The van der Waals surface area contributed by atoms with Crippen molar-refractivity contribution in [3.05, 3.63) is 47.7 Å². The number of esters is 1. The number of allylic oxidation sites excluding steroid dienone is 1. The number of carbonyl (C=O) groups is 1. The van der Waals surface area contributed by atoms with Crippen molar-refractivity contribution >= 4 is 11.9 Å². The number of nitrogens with one attached hydrogen (secondary N) is 1. The number of hydrogen-bond donors (Lipinski definition) is 1. The zero-order valence-electron chi connectivity index (χ0n) is 12.9. The van der Waals surface area contributed by atoms with Crippen LogP contribution < -0.4 is 5.32 Å². The smallest absolute Gasteiger partial charge is 0.338 e. The average molecular weight is 315 g/mol. The molecule has 2 aromatic rings. The summed E-state index contributed by atoms with van der Waals surface area (Å²) in [5.41, 5.74) is 1.99. The third-order valence-electron chi connectivity index (χ3n) is 3.54. The molecule has 0 bridgehead atoms. The highest BCUT2D eigenvalue weighted by Gasteiger charge is 2.34. The van der Waals surface area contributed by atoms with Crippen molar-refractivity contribution < 1.29 is 14.3 Å². The van der Waals surface area contributed by atoms with E-state index in [1.54, 1.807) is 24.2 Å². The van der Waals surface area contributed by atoms with Gasteiger partial charge < -0.3 is 14.8 Å². The van der Waals surface area contributed by atoms with Gasteiger partial charge >= 0.3 is 5.97 Å². The molecule has 0 radical (unpaired) electrons. The van der Waals surface area contributed by atoms with Crippen LogP contribution in [0, 0.1) is 0 Å². The molecule has 0 saturated heterocycles. The van der Waals surface area contributed by atoms with Crippen LogP contribution >= 0.6 is 0 Å². The summed E-state index contributed by atoms with van der Waals surface area (Å²) in [5, 5.41) is 7.30. The van der Waals surface area contributed by atoms with Gasteiger partial charge in [-0.05, 0) is 18.6 Å². The molecule has 0 unspecified atom stereocenters. The summed E-state index contributed by atoms with van der Waals surface area (Å²) >= 11 is 0. The molecule has 1 N–H and O–H groups in total. The van der Waals surface area contributed by atoms with Crippen molar-refractivity contribution in [1.29, 1.82) is 0 Å². The van der Waals surface area contributed by atoms with Crippen LogP contribution in [-0.2, 0) is 14.3 Å². The van der Waals surface area contributed by atoms with E-state index in [0.29, 0.717) is 23.8 Å². The van der Waals surface area contributed by atoms with Crippen LogP contribution in [0.4, 0.5) is 5.95 Å². The molecule has 1 aliphatic heterocycles. The Kier molecular flexibility index (Phi) is 4.33. The Morgan fingerprint density at radius 2 is 2.30 bits per heavy atom. The summed E-state index contributed by atoms with van der Waals surface area (Å²) in [5.74, 6) is 0.159. The Balaban J connectivity index is 1.99. The molecule has 0 aliphatic carbocycles. The molecule has 0 fully saturated rings. The van der Waals surface area contributed by atoms with Crippen molar-refractivity contribution in [2.24, 2.45) is 0 Å². The van der Waals surface area contributed by atoms with E-state index in [-0.39, 0.29) is 6.61 Å². The quantitative estimate of drug-likeness (QED) is 0.653. The molecule has 3 rings (SSSR count). The predicted octanol–water partition coefficient (Wildman–Crippen LogP) is 1.15. The molecule has 0 aromatic carbocycles. The van der Waals surface area contributed by atoms with E-state index >= 15 is 0 Å². The Morgan fingerprint density at radius 3 is 3.04 bits per heavy atom. The van der Waals surface area contributed by atoms with Gasteiger partial charge in [-0.2, -0.15) is 10.1 Å². The van der Waals surface area contributed by atoms with Gasteiger partial charge in [0.1, 0.15) is 19.0 Å². The van der Waals surface area contributed by atoms with E-state index < -0.39 is 12.0 Å². The standard InChI is InChI=1S/C15H17N5O3/c1-10-12(14(21)23-7-6-22-2)13(11-4-3-5-16-8-11)20-15(19-10)17-9-18-20/h3-5,8-9,13H,6-7H2,1-2H3,(H,17,18,19)/t13-/m1/s1. The summed E-state index contributed by atoms with van der Waals surface area (Å²) in [6, 6.07) is 3.28. The van der Waals surface area contributed by atoms with Crippen LogP contribution in [0.5, 0.6) is 0 Å². The largest absolute Gasteiger partial charge is 0.460 e. The van der Waals surface area contributed by atoms with Crippen LogP contribution in [0.15, 0.2) is 42.1 Å². The number of pyridine rings is 1. The molecule has 0 saturated carbocycles. The zero-order valence-corrected chi connectivity index (χ0v) is 12.9.